The van der Waals surface area contributed by atoms with Crippen molar-refractivity contribution in [3.63, 3.8) is 0 Å². The van der Waals surface area contributed by atoms with Gasteiger partial charge in [0.15, 0.2) is 0 Å². The molecule has 1 saturated carbocycles. The van der Waals surface area contributed by atoms with Gasteiger partial charge in [0.1, 0.15) is 18.3 Å². The van der Waals surface area contributed by atoms with Gasteiger partial charge in [0.2, 0.25) is 11.8 Å². The molecule has 0 aromatic heterocycles. The van der Waals surface area contributed by atoms with E-state index in [9.17, 15) is 18.0 Å². The molecule has 0 aliphatic heterocycles. The van der Waals surface area contributed by atoms with Crippen molar-refractivity contribution in [2.45, 2.75) is 69.5 Å². The number of aryl methyl sites for hydroxylation is 1. The van der Waals surface area contributed by atoms with E-state index in [0.717, 1.165) is 47.5 Å². The van der Waals surface area contributed by atoms with Crippen molar-refractivity contribution in [1.29, 1.82) is 0 Å². The molecule has 0 unspecified atom stereocenters. The zero-order valence-corrected chi connectivity index (χ0v) is 26.7. The Morgan fingerprint density at radius 3 is 2.36 bits per heavy atom. The van der Waals surface area contributed by atoms with E-state index < -0.39 is 28.5 Å². The zero-order valence-electron chi connectivity index (χ0n) is 24.3. The third kappa shape index (κ3) is 7.92. The minimum Gasteiger partial charge on any atom is -0.497 e. The number of methoxy groups -OCH3 is 1. The second kappa shape index (κ2) is 14.2. The largest absolute Gasteiger partial charge is 0.497 e. The molecule has 0 spiro atoms. The molecule has 42 heavy (non-hydrogen) atoms. The molecule has 1 aliphatic rings. The van der Waals surface area contributed by atoms with E-state index in [1.54, 1.807) is 62.6 Å². The van der Waals surface area contributed by atoms with E-state index in [1.807, 2.05) is 19.1 Å². The maximum Gasteiger partial charge on any atom is 0.264 e. The van der Waals surface area contributed by atoms with Crippen molar-refractivity contribution >= 4 is 43.5 Å². The second-order valence-corrected chi connectivity index (χ2v) is 13.5. The van der Waals surface area contributed by atoms with Crippen LogP contribution in [0.2, 0.25) is 0 Å². The fourth-order valence-corrected chi connectivity index (χ4v) is 6.91. The first-order chi connectivity index (χ1) is 20.1. The summed E-state index contributed by atoms with van der Waals surface area (Å²) in [5.41, 5.74) is 2.01. The van der Waals surface area contributed by atoms with E-state index >= 15 is 0 Å². The Morgan fingerprint density at radius 2 is 1.69 bits per heavy atom. The van der Waals surface area contributed by atoms with E-state index in [1.165, 1.54) is 17.0 Å². The number of benzene rings is 3. The van der Waals surface area contributed by atoms with Gasteiger partial charge in [-0.05, 0) is 74.7 Å². The lowest BCUT2D eigenvalue weighted by Gasteiger charge is -2.33. The predicted octanol–water partition coefficient (Wildman–Crippen LogP) is 5.83. The van der Waals surface area contributed by atoms with Crippen LogP contribution < -0.4 is 14.4 Å². The monoisotopic (exact) mass is 655 g/mol. The van der Waals surface area contributed by atoms with Crippen LogP contribution in [0.5, 0.6) is 5.75 Å². The van der Waals surface area contributed by atoms with Gasteiger partial charge >= 0.3 is 0 Å². The number of hydrogen-bond donors (Lipinski definition) is 1. The van der Waals surface area contributed by atoms with Crippen LogP contribution in [0.15, 0.2) is 82.2 Å². The number of anilines is 1. The molecule has 3 aromatic rings. The van der Waals surface area contributed by atoms with Crippen LogP contribution in [-0.2, 0) is 26.2 Å². The number of hydrogen-bond acceptors (Lipinski definition) is 5. The number of halogens is 1. The summed E-state index contributed by atoms with van der Waals surface area (Å²) in [6.07, 6.45) is 5.10. The van der Waals surface area contributed by atoms with E-state index in [4.69, 9.17) is 4.74 Å². The minimum atomic E-state index is -4.12. The Bertz CT molecular complexity index is 1490. The van der Waals surface area contributed by atoms with Gasteiger partial charge < -0.3 is 15.0 Å². The Balaban J connectivity index is 1.68. The van der Waals surface area contributed by atoms with E-state index in [2.05, 4.69) is 21.2 Å². The van der Waals surface area contributed by atoms with Crippen molar-refractivity contribution in [2.24, 2.45) is 0 Å². The van der Waals surface area contributed by atoms with Gasteiger partial charge in [-0.15, -0.1) is 0 Å². The van der Waals surface area contributed by atoms with E-state index in [0.29, 0.717) is 15.9 Å². The van der Waals surface area contributed by atoms with Crippen LogP contribution in [0.3, 0.4) is 0 Å². The highest BCUT2D eigenvalue weighted by molar-refractivity contribution is 9.10. The molecule has 1 atom stereocenters. The van der Waals surface area contributed by atoms with Crippen LogP contribution in [0, 0.1) is 6.92 Å². The molecule has 4 rings (SSSR count). The molecule has 8 nitrogen and oxygen atoms in total. The second-order valence-electron chi connectivity index (χ2n) is 10.7. The van der Waals surface area contributed by atoms with Crippen LogP contribution in [0.4, 0.5) is 5.69 Å². The first-order valence-corrected chi connectivity index (χ1v) is 16.4. The summed E-state index contributed by atoms with van der Waals surface area (Å²) in [4.78, 5) is 29.1. The summed E-state index contributed by atoms with van der Waals surface area (Å²) in [6.45, 7) is 3.18. The fraction of sp³-hybridized carbons (Fsp3) is 0.375. The van der Waals surface area contributed by atoms with Gasteiger partial charge in [0.05, 0.1) is 17.7 Å². The third-order valence-corrected chi connectivity index (χ3v) is 9.87. The molecular weight excluding hydrogens is 618 g/mol. The van der Waals surface area contributed by atoms with Crippen LogP contribution in [0.1, 0.15) is 50.2 Å². The summed E-state index contributed by atoms with van der Waals surface area (Å²) in [6, 6.07) is 19.8. The molecule has 0 bridgehead atoms. The Hall–Kier alpha value is -3.37. The standard InChI is InChI=1S/C32H38BrN3O5S/c1-23-15-17-30(18-16-23)42(39,40)36(28-13-8-10-26(33)20-28)22-31(37)35(21-25-9-7-14-29(19-25)41-3)24(2)32(38)34-27-11-5-4-6-12-27/h7-10,13-20,24,27H,4-6,11-12,21-22H2,1-3H3,(H,34,38)/t24-/m0/s1. The van der Waals surface area contributed by atoms with Crippen molar-refractivity contribution in [3.8, 4) is 5.75 Å². The quantitative estimate of drug-likeness (QED) is 0.281. The summed E-state index contributed by atoms with van der Waals surface area (Å²) in [7, 11) is -2.56. The minimum absolute atomic E-state index is 0.0718. The first kappa shape index (κ1) is 31.6. The molecule has 2 amide bonds. The molecule has 3 aromatic carbocycles. The Kier molecular flexibility index (Phi) is 10.7. The highest BCUT2D eigenvalue weighted by atomic mass is 79.9. The van der Waals surface area contributed by atoms with Gasteiger partial charge in [-0.2, -0.15) is 0 Å². The third-order valence-electron chi connectivity index (χ3n) is 7.59. The Morgan fingerprint density at radius 1 is 1.00 bits per heavy atom. The molecule has 1 N–H and O–H groups in total. The van der Waals surface area contributed by atoms with Crippen molar-refractivity contribution in [1.82, 2.24) is 10.2 Å². The number of nitrogens with one attached hydrogen (secondary N) is 1. The molecule has 10 heteroatoms. The molecule has 1 aliphatic carbocycles. The smallest absolute Gasteiger partial charge is 0.264 e. The molecule has 0 saturated heterocycles. The van der Waals surface area contributed by atoms with Crippen molar-refractivity contribution < 1.29 is 22.7 Å². The average Bonchev–Trinajstić information content (AvgIpc) is 2.99. The maximum absolute atomic E-state index is 14.1. The van der Waals surface area contributed by atoms with Gasteiger partial charge in [0, 0.05) is 17.1 Å². The fourth-order valence-electron chi connectivity index (χ4n) is 5.12. The van der Waals surface area contributed by atoms with Crippen LogP contribution in [0.25, 0.3) is 0 Å². The van der Waals surface area contributed by atoms with Crippen molar-refractivity contribution in [2.75, 3.05) is 18.0 Å². The SMILES string of the molecule is COc1cccc(CN(C(=O)CN(c2cccc(Br)c2)S(=O)(=O)c2ccc(C)cc2)[C@@H](C)C(=O)NC2CCCCC2)c1. The number of sulfonamides is 1. The van der Waals surface area contributed by atoms with Gasteiger partial charge in [0.25, 0.3) is 10.0 Å². The number of rotatable bonds is 11. The number of amides is 2. The zero-order chi connectivity index (χ0) is 30.3. The highest BCUT2D eigenvalue weighted by Gasteiger charge is 2.33. The number of carbonyl (C=O) groups is 2. The summed E-state index contributed by atoms with van der Waals surface area (Å²) in [5.74, 6) is -0.134. The molecular formula is C32H38BrN3O5S. The normalized spacial score (nSPS) is 14.6. The van der Waals surface area contributed by atoms with Gasteiger partial charge in [-0.3, -0.25) is 13.9 Å². The topological polar surface area (TPSA) is 96.0 Å². The highest BCUT2D eigenvalue weighted by Crippen LogP contribution is 2.27. The average molecular weight is 657 g/mol. The van der Waals surface area contributed by atoms with Gasteiger partial charge in [-0.1, -0.05) is 71.1 Å². The molecule has 0 radical (unpaired) electrons. The maximum atomic E-state index is 14.1. The lowest BCUT2D eigenvalue weighted by molar-refractivity contribution is -0.139. The first-order valence-electron chi connectivity index (χ1n) is 14.2. The van der Waals surface area contributed by atoms with E-state index in [-0.39, 0.29) is 23.4 Å². The summed E-state index contributed by atoms with van der Waals surface area (Å²) in [5, 5.41) is 3.12. The summed E-state index contributed by atoms with van der Waals surface area (Å²) < 4.78 is 35.1. The van der Waals surface area contributed by atoms with Crippen LogP contribution in [-0.4, -0.2) is 50.9 Å². The Labute approximate surface area is 257 Å². The number of carbonyl (C=O) groups excluding carboxylic acids is 2. The number of ether oxygens (including phenoxy) is 1. The number of nitrogens with zero attached hydrogens (tertiary/aromatic N) is 2. The van der Waals surface area contributed by atoms with Crippen LogP contribution >= 0.6 is 15.9 Å². The molecule has 1 fully saturated rings. The lowest BCUT2D eigenvalue weighted by Crippen LogP contribution is -2.53. The predicted molar refractivity (Wildman–Crippen MR) is 168 cm³/mol. The van der Waals surface area contributed by atoms with Crippen molar-refractivity contribution in [3.05, 3.63) is 88.4 Å². The lowest BCUT2D eigenvalue weighted by atomic mass is 9.95. The van der Waals surface area contributed by atoms with Gasteiger partial charge in [-0.25, -0.2) is 8.42 Å². The molecule has 0 heterocycles. The summed E-state index contributed by atoms with van der Waals surface area (Å²) >= 11 is 3.42. The molecule has 224 valence electrons.